The van der Waals surface area contributed by atoms with Gasteiger partial charge in [0.15, 0.2) is 0 Å². The Bertz CT molecular complexity index is 476. The van der Waals surface area contributed by atoms with Crippen molar-refractivity contribution in [1.82, 2.24) is 0 Å². The second-order valence-corrected chi connectivity index (χ2v) is 3.09. The molecule has 0 radical (unpaired) electrons. The molecular weight excluding hydrogens is 210 g/mol. The normalized spacial score (nSPS) is 22.1. The fraction of sp³-hybridized carbons (Fsp3) is 0.300. The topological polar surface area (TPSA) is 88.3 Å². The number of hydrogen-bond donors (Lipinski definition) is 0. The van der Waals surface area contributed by atoms with Crippen molar-refractivity contribution < 1.29 is 14.4 Å². The molecule has 80 valence electrons. The van der Waals surface area contributed by atoms with Gasteiger partial charge >= 0.3 is 0 Å². The molecule has 0 aromatic heterocycles. The number of aliphatic imine (C=N–C) groups is 3. The Kier molecular flexibility index (Phi) is 4.01. The third kappa shape index (κ3) is 2.80. The molecule has 0 N–H and O–H groups in total. The fourth-order valence-corrected chi connectivity index (χ4v) is 1.37. The summed E-state index contributed by atoms with van der Waals surface area (Å²) in [6, 6.07) is 0. The molecule has 6 nitrogen and oxygen atoms in total. The van der Waals surface area contributed by atoms with Crippen LogP contribution in [0.25, 0.3) is 0 Å². The number of isocyanates is 3. The highest BCUT2D eigenvalue weighted by Crippen LogP contribution is 2.26. The van der Waals surface area contributed by atoms with E-state index in [0.29, 0.717) is 12.1 Å². The molecule has 0 fully saturated rings. The molecular formula is C10H7N3O3. The van der Waals surface area contributed by atoms with E-state index in [0.717, 1.165) is 0 Å². The summed E-state index contributed by atoms with van der Waals surface area (Å²) >= 11 is 0. The Morgan fingerprint density at radius 1 is 1.25 bits per heavy atom. The lowest BCUT2D eigenvalue weighted by molar-refractivity contribution is 0.511. The van der Waals surface area contributed by atoms with Gasteiger partial charge in [-0.3, -0.25) is 0 Å². The lowest BCUT2D eigenvalue weighted by Gasteiger charge is -2.22. The third-order valence-corrected chi connectivity index (χ3v) is 2.04. The highest BCUT2D eigenvalue weighted by atomic mass is 16.1. The Balaban J connectivity index is 3.11. The van der Waals surface area contributed by atoms with Crippen LogP contribution >= 0.6 is 0 Å². The summed E-state index contributed by atoms with van der Waals surface area (Å²) in [4.78, 5) is 40.8. The minimum Gasteiger partial charge on any atom is -0.211 e. The molecule has 6 heteroatoms. The van der Waals surface area contributed by atoms with E-state index in [9.17, 15) is 14.4 Å². The molecule has 1 rings (SSSR count). The first kappa shape index (κ1) is 11.7. The largest absolute Gasteiger partial charge is 0.240 e. The first-order valence-electron chi connectivity index (χ1n) is 4.36. The van der Waals surface area contributed by atoms with E-state index in [-0.39, 0.29) is 6.54 Å². The van der Waals surface area contributed by atoms with Crippen LogP contribution in [0.1, 0.15) is 6.42 Å². The Labute approximate surface area is 90.8 Å². The highest BCUT2D eigenvalue weighted by Gasteiger charge is 2.28. The van der Waals surface area contributed by atoms with E-state index in [1.165, 1.54) is 24.3 Å². The minimum atomic E-state index is -0.996. The predicted molar refractivity (Wildman–Crippen MR) is 53.8 cm³/mol. The van der Waals surface area contributed by atoms with Crippen LogP contribution in [0.4, 0.5) is 0 Å². The third-order valence-electron chi connectivity index (χ3n) is 2.04. The van der Waals surface area contributed by atoms with Gasteiger partial charge in [0.1, 0.15) is 5.54 Å². The van der Waals surface area contributed by atoms with Gasteiger partial charge < -0.3 is 0 Å². The van der Waals surface area contributed by atoms with Crippen LogP contribution in [0.5, 0.6) is 0 Å². The molecule has 0 spiro atoms. The molecule has 0 amide bonds. The van der Waals surface area contributed by atoms with Crippen LogP contribution in [0.2, 0.25) is 0 Å². The van der Waals surface area contributed by atoms with Gasteiger partial charge in [0.05, 0.1) is 12.2 Å². The van der Waals surface area contributed by atoms with Crippen molar-refractivity contribution in [2.45, 2.75) is 12.0 Å². The van der Waals surface area contributed by atoms with Crippen LogP contribution in [0.15, 0.2) is 38.9 Å². The summed E-state index contributed by atoms with van der Waals surface area (Å²) in [5, 5.41) is 0. The van der Waals surface area contributed by atoms with E-state index >= 15 is 0 Å². The van der Waals surface area contributed by atoms with Crippen molar-refractivity contribution in [3.05, 3.63) is 23.9 Å². The molecule has 1 aliphatic rings. The van der Waals surface area contributed by atoms with Crippen molar-refractivity contribution in [3.63, 3.8) is 0 Å². The SMILES string of the molecule is O=C=NCC1(N=C=O)C=C(N=C=O)C=CC1. The van der Waals surface area contributed by atoms with E-state index in [4.69, 9.17) is 0 Å². The second-order valence-electron chi connectivity index (χ2n) is 3.09. The van der Waals surface area contributed by atoms with Crippen LogP contribution < -0.4 is 0 Å². The standard InChI is InChI=1S/C10H7N3O3/c14-6-11-5-10(13-8-16)3-1-2-9(4-10)12-7-15/h1-2,4H,3,5H2. The molecule has 0 saturated carbocycles. The summed E-state index contributed by atoms with van der Waals surface area (Å²) in [5.41, 5.74) is -0.676. The molecule has 0 aromatic carbocycles. The minimum absolute atomic E-state index is 0.0338. The molecule has 0 aliphatic heterocycles. The van der Waals surface area contributed by atoms with Gasteiger partial charge in [-0.1, -0.05) is 6.08 Å². The monoisotopic (exact) mass is 217 g/mol. The average molecular weight is 217 g/mol. The zero-order chi connectivity index (χ0) is 11.9. The van der Waals surface area contributed by atoms with Crippen LogP contribution in [-0.4, -0.2) is 30.3 Å². The van der Waals surface area contributed by atoms with Gasteiger partial charge in [0.25, 0.3) is 0 Å². The van der Waals surface area contributed by atoms with E-state index < -0.39 is 5.54 Å². The van der Waals surface area contributed by atoms with Gasteiger partial charge in [-0.25, -0.2) is 19.4 Å². The molecule has 0 saturated heterocycles. The maximum Gasteiger partial charge on any atom is 0.240 e. The number of nitrogens with zero attached hydrogens (tertiary/aromatic N) is 3. The number of hydrogen-bond acceptors (Lipinski definition) is 6. The van der Waals surface area contributed by atoms with Gasteiger partial charge in [0, 0.05) is 0 Å². The molecule has 0 aromatic rings. The number of carbonyl (C=O) groups excluding carboxylic acids is 3. The lowest BCUT2D eigenvalue weighted by atomic mass is 9.91. The number of allylic oxidation sites excluding steroid dienone is 1. The van der Waals surface area contributed by atoms with Crippen molar-refractivity contribution in [2.24, 2.45) is 15.0 Å². The van der Waals surface area contributed by atoms with Crippen molar-refractivity contribution in [3.8, 4) is 0 Å². The van der Waals surface area contributed by atoms with Crippen molar-refractivity contribution >= 4 is 18.2 Å². The Hall–Kier alpha value is -2.38. The van der Waals surface area contributed by atoms with Gasteiger partial charge in [-0.15, -0.1) is 0 Å². The zero-order valence-electron chi connectivity index (χ0n) is 8.21. The smallest absolute Gasteiger partial charge is 0.211 e. The van der Waals surface area contributed by atoms with Crippen molar-refractivity contribution in [1.29, 1.82) is 0 Å². The van der Waals surface area contributed by atoms with Gasteiger partial charge in [0.2, 0.25) is 18.2 Å². The Morgan fingerprint density at radius 3 is 2.69 bits per heavy atom. The maximum atomic E-state index is 10.3. The highest BCUT2D eigenvalue weighted by molar-refractivity contribution is 5.45. The van der Waals surface area contributed by atoms with E-state index in [2.05, 4.69) is 15.0 Å². The van der Waals surface area contributed by atoms with Crippen LogP contribution in [0.3, 0.4) is 0 Å². The first-order chi connectivity index (χ1) is 7.76. The van der Waals surface area contributed by atoms with Crippen LogP contribution in [0, 0.1) is 0 Å². The quantitative estimate of drug-likeness (QED) is 0.509. The molecule has 0 bridgehead atoms. The Morgan fingerprint density at radius 2 is 2.06 bits per heavy atom. The zero-order valence-corrected chi connectivity index (χ0v) is 8.21. The summed E-state index contributed by atoms with van der Waals surface area (Å²) in [6.45, 7) is -0.0338. The van der Waals surface area contributed by atoms with Crippen molar-refractivity contribution in [2.75, 3.05) is 6.54 Å². The summed E-state index contributed by atoms with van der Waals surface area (Å²) in [5.74, 6) is 0. The summed E-state index contributed by atoms with van der Waals surface area (Å²) < 4.78 is 0. The second kappa shape index (κ2) is 5.49. The van der Waals surface area contributed by atoms with E-state index in [1.807, 2.05) is 0 Å². The van der Waals surface area contributed by atoms with E-state index in [1.54, 1.807) is 12.2 Å². The van der Waals surface area contributed by atoms with Gasteiger partial charge in [-0.2, -0.15) is 9.98 Å². The number of rotatable bonds is 4. The molecule has 1 aliphatic carbocycles. The molecule has 1 unspecified atom stereocenters. The predicted octanol–water partition coefficient (Wildman–Crippen LogP) is 0.576. The fourth-order valence-electron chi connectivity index (χ4n) is 1.37. The first-order valence-corrected chi connectivity index (χ1v) is 4.36. The summed E-state index contributed by atoms with van der Waals surface area (Å²) in [7, 11) is 0. The van der Waals surface area contributed by atoms with Gasteiger partial charge in [-0.05, 0) is 18.6 Å². The molecule has 1 atom stereocenters. The lowest BCUT2D eigenvalue weighted by Crippen LogP contribution is -2.28. The molecule has 0 heterocycles. The summed E-state index contributed by atoms with van der Waals surface area (Å²) in [6.07, 6.45) is 9.29. The average Bonchev–Trinajstić information content (AvgIpc) is 2.28. The van der Waals surface area contributed by atoms with Crippen LogP contribution in [-0.2, 0) is 14.4 Å². The molecule has 16 heavy (non-hydrogen) atoms. The maximum absolute atomic E-state index is 10.3.